The van der Waals surface area contributed by atoms with Crippen LogP contribution in [0.1, 0.15) is 46.5 Å². The van der Waals surface area contributed by atoms with E-state index < -0.39 is 5.60 Å². The second kappa shape index (κ2) is 10.8. The van der Waals surface area contributed by atoms with Gasteiger partial charge in [0.1, 0.15) is 5.60 Å². The summed E-state index contributed by atoms with van der Waals surface area (Å²) >= 11 is 0. The van der Waals surface area contributed by atoms with E-state index in [0.717, 1.165) is 57.8 Å². The molecule has 32 heavy (non-hydrogen) atoms. The first-order valence-electron chi connectivity index (χ1n) is 11.6. The highest BCUT2D eigenvalue weighted by Crippen LogP contribution is 2.22. The third kappa shape index (κ3) is 6.97. The number of piperidine rings is 1. The first-order valence-corrected chi connectivity index (χ1v) is 11.6. The van der Waals surface area contributed by atoms with Gasteiger partial charge >= 0.3 is 6.09 Å². The summed E-state index contributed by atoms with van der Waals surface area (Å²) in [4.78, 5) is 24.7. The van der Waals surface area contributed by atoms with Crippen LogP contribution in [-0.2, 0) is 4.74 Å². The molecule has 0 bridgehead atoms. The number of rotatable bonds is 5. The van der Waals surface area contributed by atoms with Crippen LogP contribution in [0.2, 0.25) is 0 Å². The fourth-order valence-electron chi connectivity index (χ4n) is 4.26. The minimum absolute atomic E-state index is 0.181. The number of nitrogens with zero attached hydrogens (tertiary/aromatic N) is 4. The number of halogens is 1. The minimum atomic E-state index is -0.470. The maximum atomic E-state index is 14.0. The predicted molar refractivity (Wildman–Crippen MR) is 124 cm³/mol. The van der Waals surface area contributed by atoms with E-state index in [1.807, 2.05) is 30.6 Å². The van der Waals surface area contributed by atoms with Gasteiger partial charge < -0.3 is 25.2 Å². The van der Waals surface area contributed by atoms with Crippen LogP contribution in [0.3, 0.4) is 0 Å². The molecule has 2 aliphatic heterocycles. The number of aliphatic imine (C=N–C) groups is 1. The number of ether oxygens (including phenoxy) is 1. The standard InChI is InChI=1S/C23H37FN6O2/c1-23(2,3)32-22(31)30-13-6-7-17(15-30)9-12-27-21(25-4)28-18-10-14-29(16-18)20-19(24)8-5-11-26-20/h5,8,11,17-18H,6-7,9-10,12-16H2,1-4H3,(H2,25,27,28). The van der Waals surface area contributed by atoms with Gasteiger partial charge in [-0.1, -0.05) is 0 Å². The topological polar surface area (TPSA) is 82.1 Å². The smallest absolute Gasteiger partial charge is 0.410 e. The molecular weight excluding hydrogens is 411 g/mol. The number of anilines is 1. The fraction of sp³-hybridized carbons (Fsp3) is 0.696. The number of hydrogen-bond donors (Lipinski definition) is 2. The Bertz CT molecular complexity index is 797. The van der Waals surface area contributed by atoms with Crippen molar-refractivity contribution in [2.45, 2.75) is 58.1 Å². The molecule has 9 heteroatoms. The van der Waals surface area contributed by atoms with E-state index in [9.17, 15) is 9.18 Å². The van der Waals surface area contributed by atoms with E-state index in [1.165, 1.54) is 6.07 Å². The highest BCUT2D eigenvalue weighted by molar-refractivity contribution is 5.80. The lowest BCUT2D eigenvalue weighted by atomic mass is 9.95. The van der Waals surface area contributed by atoms with E-state index in [1.54, 1.807) is 19.3 Å². The normalized spacial score (nSPS) is 22.1. The number of amides is 1. The average molecular weight is 449 g/mol. The zero-order chi connectivity index (χ0) is 23.1. The first kappa shape index (κ1) is 24.1. The van der Waals surface area contributed by atoms with Gasteiger partial charge in [-0.2, -0.15) is 0 Å². The summed E-state index contributed by atoms with van der Waals surface area (Å²) in [7, 11) is 1.76. The number of guanidine groups is 1. The molecule has 3 rings (SSSR count). The van der Waals surface area contributed by atoms with Crippen LogP contribution in [0.5, 0.6) is 0 Å². The zero-order valence-corrected chi connectivity index (χ0v) is 19.7. The van der Waals surface area contributed by atoms with Gasteiger partial charge in [-0.15, -0.1) is 0 Å². The van der Waals surface area contributed by atoms with E-state index in [0.29, 0.717) is 18.3 Å². The fourth-order valence-corrected chi connectivity index (χ4v) is 4.26. The zero-order valence-electron chi connectivity index (χ0n) is 19.7. The molecule has 2 atom stereocenters. The second-order valence-corrected chi connectivity index (χ2v) is 9.61. The van der Waals surface area contributed by atoms with Crippen molar-refractivity contribution in [1.29, 1.82) is 0 Å². The summed E-state index contributed by atoms with van der Waals surface area (Å²) in [6, 6.07) is 3.23. The number of aromatic nitrogens is 1. The Balaban J connectivity index is 1.40. The molecule has 0 spiro atoms. The van der Waals surface area contributed by atoms with E-state index in [2.05, 4.69) is 20.6 Å². The van der Waals surface area contributed by atoms with Crippen molar-refractivity contribution in [3.05, 3.63) is 24.1 Å². The van der Waals surface area contributed by atoms with Gasteiger partial charge in [0.2, 0.25) is 0 Å². The molecule has 0 aliphatic carbocycles. The Morgan fingerprint density at radius 2 is 2.12 bits per heavy atom. The minimum Gasteiger partial charge on any atom is -0.444 e. The predicted octanol–water partition coefficient (Wildman–Crippen LogP) is 3.00. The van der Waals surface area contributed by atoms with Gasteiger partial charge in [0.15, 0.2) is 17.6 Å². The van der Waals surface area contributed by atoms with Gasteiger partial charge in [-0.3, -0.25) is 4.99 Å². The van der Waals surface area contributed by atoms with E-state index in [-0.39, 0.29) is 18.0 Å². The Hall–Kier alpha value is -2.58. The number of likely N-dealkylation sites (tertiary alicyclic amines) is 1. The molecule has 0 radical (unpaired) electrons. The molecule has 3 heterocycles. The summed E-state index contributed by atoms with van der Waals surface area (Å²) in [6.45, 7) is 9.39. The van der Waals surface area contributed by atoms with Crippen molar-refractivity contribution in [1.82, 2.24) is 20.5 Å². The van der Waals surface area contributed by atoms with Crippen molar-refractivity contribution >= 4 is 17.9 Å². The molecular formula is C23H37FN6O2. The number of nitrogens with one attached hydrogen (secondary N) is 2. The van der Waals surface area contributed by atoms with Gasteiger partial charge in [0.25, 0.3) is 0 Å². The molecule has 1 amide bonds. The lowest BCUT2D eigenvalue weighted by molar-refractivity contribution is 0.0162. The molecule has 2 N–H and O–H groups in total. The monoisotopic (exact) mass is 448 g/mol. The third-order valence-corrected chi connectivity index (χ3v) is 5.81. The number of hydrogen-bond acceptors (Lipinski definition) is 5. The number of carbonyl (C=O) groups excluding carboxylic acids is 1. The summed E-state index contributed by atoms with van der Waals surface area (Å²) in [5, 5.41) is 6.83. The molecule has 2 fully saturated rings. The number of carbonyl (C=O) groups is 1. The van der Waals surface area contributed by atoms with Crippen molar-refractivity contribution in [3.8, 4) is 0 Å². The van der Waals surface area contributed by atoms with Crippen molar-refractivity contribution in [2.24, 2.45) is 10.9 Å². The van der Waals surface area contributed by atoms with Crippen LogP contribution >= 0.6 is 0 Å². The Morgan fingerprint density at radius 3 is 2.84 bits per heavy atom. The lowest BCUT2D eigenvalue weighted by Crippen LogP contribution is -2.46. The summed E-state index contributed by atoms with van der Waals surface area (Å²) < 4.78 is 19.5. The maximum absolute atomic E-state index is 14.0. The van der Waals surface area contributed by atoms with Gasteiger partial charge in [0.05, 0.1) is 0 Å². The third-order valence-electron chi connectivity index (χ3n) is 5.81. The van der Waals surface area contributed by atoms with Gasteiger partial charge in [0, 0.05) is 52.0 Å². The van der Waals surface area contributed by atoms with E-state index in [4.69, 9.17) is 4.74 Å². The molecule has 2 aliphatic rings. The van der Waals surface area contributed by atoms with E-state index >= 15 is 0 Å². The molecule has 178 valence electrons. The Morgan fingerprint density at radius 1 is 1.31 bits per heavy atom. The summed E-state index contributed by atoms with van der Waals surface area (Å²) in [5.74, 6) is 1.31. The molecule has 8 nitrogen and oxygen atoms in total. The second-order valence-electron chi connectivity index (χ2n) is 9.61. The Labute approximate surface area is 190 Å². The highest BCUT2D eigenvalue weighted by atomic mass is 19.1. The summed E-state index contributed by atoms with van der Waals surface area (Å²) in [6.07, 6.45) is 5.36. The SMILES string of the molecule is CN=C(NCCC1CCCN(C(=O)OC(C)(C)C)C1)NC1CCN(c2ncccc2F)C1. The van der Waals surface area contributed by atoms with Crippen molar-refractivity contribution in [3.63, 3.8) is 0 Å². The highest BCUT2D eigenvalue weighted by Gasteiger charge is 2.28. The van der Waals surface area contributed by atoms with Crippen LogP contribution in [-0.4, -0.2) is 73.4 Å². The largest absolute Gasteiger partial charge is 0.444 e. The van der Waals surface area contributed by atoms with Crippen LogP contribution in [0.25, 0.3) is 0 Å². The van der Waals surface area contributed by atoms with Crippen molar-refractivity contribution < 1.29 is 13.9 Å². The molecule has 1 aromatic rings. The number of pyridine rings is 1. The molecule has 0 saturated carbocycles. The molecule has 1 aromatic heterocycles. The quantitative estimate of drug-likeness (QED) is 0.532. The molecule has 2 unspecified atom stereocenters. The van der Waals surface area contributed by atoms with Crippen LogP contribution in [0.15, 0.2) is 23.3 Å². The van der Waals surface area contributed by atoms with Gasteiger partial charge in [-0.25, -0.2) is 14.2 Å². The Kier molecular flexibility index (Phi) is 8.15. The molecule has 2 saturated heterocycles. The lowest BCUT2D eigenvalue weighted by Gasteiger charge is -2.34. The van der Waals surface area contributed by atoms with Gasteiger partial charge in [-0.05, 0) is 64.5 Å². The van der Waals surface area contributed by atoms with Crippen molar-refractivity contribution in [2.75, 3.05) is 44.7 Å². The van der Waals surface area contributed by atoms with Crippen LogP contribution in [0, 0.1) is 11.7 Å². The van der Waals surface area contributed by atoms with Crippen LogP contribution < -0.4 is 15.5 Å². The summed E-state index contributed by atoms with van der Waals surface area (Å²) in [5.41, 5.74) is -0.470. The average Bonchev–Trinajstić information content (AvgIpc) is 3.20. The molecule has 0 aromatic carbocycles. The van der Waals surface area contributed by atoms with Crippen LogP contribution in [0.4, 0.5) is 15.0 Å². The maximum Gasteiger partial charge on any atom is 0.410 e. The first-order chi connectivity index (χ1) is 15.2.